The lowest BCUT2D eigenvalue weighted by Gasteiger charge is -2.15. The highest BCUT2D eigenvalue weighted by Gasteiger charge is 2.42. The zero-order valence-electron chi connectivity index (χ0n) is 13.2. The normalized spacial score (nSPS) is 10.9. The summed E-state index contributed by atoms with van der Waals surface area (Å²) in [7, 11) is 1.32. The maximum atomic E-state index is 12.4. The Morgan fingerprint density at radius 1 is 1.12 bits per heavy atom. The Kier molecular flexibility index (Phi) is 6.33. The zero-order valence-corrected chi connectivity index (χ0v) is 13.2. The van der Waals surface area contributed by atoms with Crippen LogP contribution in [-0.4, -0.2) is 37.5 Å². The van der Waals surface area contributed by atoms with E-state index in [1.54, 1.807) is 0 Å². The van der Waals surface area contributed by atoms with Crippen molar-refractivity contribution in [1.29, 1.82) is 0 Å². The third-order valence-corrected chi connectivity index (χ3v) is 2.96. The lowest BCUT2D eigenvalue weighted by atomic mass is 10.0. The van der Waals surface area contributed by atoms with Crippen molar-refractivity contribution in [3.8, 4) is 11.5 Å². The van der Waals surface area contributed by atoms with Crippen LogP contribution in [0.15, 0.2) is 12.1 Å². The van der Waals surface area contributed by atoms with Crippen LogP contribution < -0.4 is 14.8 Å². The van der Waals surface area contributed by atoms with Gasteiger partial charge in [0.05, 0.1) is 12.7 Å². The van der Waals surface area contributed by atoms with Gasteiger partial charge in [-0.1, -0.05) is 0 Å². The second-order valence-corrected chi connectivity index (χ2v) is 4.84. The minimum absolute atomic E-state index is 0.192. The molecular formula is C15H16F3NO5. The van der Waals surface area contributed by atoms with E-state index in [0.29, 0.717) is 5.56 Å². The summed E-state index contributed by atoms with van der Waals surface area (Å²) in [5.41, 5.74) is 0.161. The van der Waals surface area contributed by atoms with E-state index in [2.05, 4.69) is 10.1 Å². The van der Waals surface area contributed by atoms with Crippen LogP contribution in [0.5, 0.6) is 11.5 Å². The molecule has 0 spiro atoms. The van der Waals surface area contributed by atoms with Crippen LogP contribution in [0.25, 0.3) is 0 Å². The second-order valence-electron chi connectivity index (χ2n) is 4.84. The average molecular weight is 347 g/mol. The Hall–Kier alpha value is -2.58. The number of hydrogen-bond acceptors (Lipinski definition) is 5. The fourth-order valence-electron chi connectivity index (χ4n) is 1.88. The first-order valence-corrected chi connectivity index (χ1v) is 6.81. The van der Waals surface area contributed by atoms with Crippen LogP contribution in [0.1, 0.15) is 29.8 Å². The number of carbonyl (C=O) groups excluding carboxylic acids is 3. The number of halogens is 3. The Balaban J connectivity index is 3.21. The number of rotatable bonds is 6. The van der Waals surface area contributed by atoms with Gasteiger partial charge in [-0.2, -0.15) is 13.2 Å². The Morgan fingerprint density at radius 2 is 1.75 bits per heavy atom. The number of alkyl halides is 3. The standard InChI is InChI=1S/C15H16F3NO5/c1-8(20)11-7-12(23-3)10(4-5-19-9(2)21)6-13(11)24-14(22)15(16,17)18/h6-7H,4-5H2,1-3H3,(H,19,21). The minimum atomic E-state index is -5.19. The van der Waals surface area contributed by atoms with E-state index >= 15 is 0 Å². The number of benzene rings is 1. The quantitative estimate of drug-likeness (QED) is 0.484. The molecule has 1 amide bonds. The van der Waals surface area contributed by atoms with Crippen LogP contribution in [0.3, 0.4) is 0 Å². The predicted octanol–water partition coefficient (Wildman–Crippen LogP) is 2.04. The highest BCUT2D eigenvalue weighted by Crippen LogP contribution is 2.31. The number of ether oxygens (including phenoxy) is 2. The molecule has 0 unspecified atom stereocenters. The van der Waals surface area contributed by atoms with Crippen LogP contribution >= 0.6 is 0 Å². The van der Waals surface area contributed by atoms with Gasteiger partial charge >= 0.3 is 12.1 Å². The molecule has 0 aliphatic rings. The number of methoxy groups -OCH3 is 1. The van der Waals surface area contributed by atoms with E-state index in [-0.39, 0.29) is 30.2 Å². The maximum absolute atomic E-state index is 12.4. The van der Waals surface area contributed by atoms with Gasteiger partial charge in [-0.05, 0) is 31.0 Å². The van der Waals surface area contributed by atoms with E-state index in [4.69, 9.17) is 4.74 Å². The number of amides is 1. The van der Waals surface area contributed by atoms with Crippen molar-refractivity contribution < 1.29 is 37.0 Å². The fourth-order valence-corrected chi connectivity index (χ4v) is 1.88. The van der Waals surface area contributed by atoms with Gasteiger partial charge in [0.15, 0.2) is 5.78 Å². The van der Waals surface area contributed by atoms with Crippen LogP contribution in [0, 0.1) is 0 Å². The summed E-state index contributed by atoms with van der Waals surface area (Å²) in [5, 5.41) is 2.52. The molecule has 0 saturated heterocycles. The molecule has 0 bridgehead atoms. The number of hydrogen-bond donors (Lipinski definition) is 1. The molecule has 1 aromatic carbocycles. The second kappa shape index (κ2) is 7.80. The summed E-state index contributed by atoms with van der Waals surface area (Å²) in [4.78, 5) is 33.5. The number of nitrogens with one attached hydrogen (secondary N) is 1. The topological polar surface area (TPSA) is 81.7 Å². The molecule has 1 N–H and O–H groups in total. The van der Waals surface area contributed by atoms with E-state index in [0.717, 1.165) is 13.0 Å². The van der Waals surface area contributed by atoms with E-state index in [1.807, 2.05) is 0 Å². The molecule has 9 heteroatoms. The summed E-state index contributed by atoms with van der Waals surface area (Å²) in [5.74, 6) is -3.58. The van der Waals surface area contributed by atoms with Crippen molar-refractivity contribution in [2.75, 3.05) is 13.7 Å². The highest BCUT2D eigenvalue weighted by atomic mass is 19.4. The number of esters is 1. The predicted molar refractivity (Wildman–Crippen MR) is 77.1 cm³/mol. The molecule has 0 aliphatic heterocycles. The van der Waals surface area contributed by atoms with Crippen LogP contribution in [0.4, 0.5) is 13.2 Å². The molecule has 0 aliphatic carbocycles. The number of Topliss-reactive ketones (excluding diaryl/α,β-unsaturated/α-hetero) is 1. The van der Waals surface area contributed by atoms with E-state index in [9.17, 15) is 27.6 Å². The average Bonchev–Trinajstić information content (AvgIpc) is 2.45. The molecule has 6 nitrogen and oxygen atoms in total. The highest BCUT2D eigenvalue weighted by molar-refractivity contribution is 5.98. The van der Waals surface area contributed by atoms with Gasteiger partial charge in [0, 0.05) is 13.5 Å². The van der Waals surface area contributed by atoms with Gasteiger partial charge in [-0.15, -0.1) is 0 Å². The molecule has 0 atom stereocenters. The van der Waals surface area contributed by atoms with E-state index in [1.165, 1.54) is 20.1 Å². The molecule has 24 heavy (non-hydrogen) atoms. The largest absolute Gasteiger partial charge is 0.496 e. The van der Waals surface area contributed by atoms with Crippen LogP contribution in [0.2, 0.25) is 0 Å². The molecule has 0 saturated carbocycles. The molecule has 132 valence electrons. The van der Waals surface area contributed by atoms with Crippen molar-refractivity contribution in [2.24, 2.45) is 0 Å². The Bertz CT molecular complexity index is 655. The molecule has 0 fully saturated rings. The fraction of sp³-hybridized carbons (Fsp3) is 0.400. The molecule has 0 heterocycles. The molecule has 0 radical (unpaired) electrons. The SMILES string of the molecule is COc1cc(C(C)=O)c(OC(=O)C(F)(F)F)cc1CCNC(C)=O. The summed E-state index contributed by atoms with van der Waals surface area (Å²) in [6.45, 7) is 2.63. The van der Waals surface area contributed by atoms with Crippen molar-refractivity contribution in [3.05, 3.63) is 23.3 Å². The van der Waals surface area contributed by atoms with Crippen molar-refractivity contribution >= 4 is 17.7 Å². The van der Waals surface area contributed by atoms with Gasteiger partial charge in [0.25, 0.3) is 0 Å². The third kappa shape index (κ3) is 5.25. The molecule has 1 rings (SSSR count). The van der Waals surface area contributed by atoms with Crippen LogP contribution in [-0.2, 0) is 16.0 Å². The molecule has 1 aromatic rings. The first-order chi connectivity index (χ1) is 11.1. The van der Waals surface area contributed by atoms with Crippen molar-refractivity contribution in [3.63, 3.8) is 0 Å². The number of carbonyl (C=O) groups is 3. The Labute approximate surface area is 135 Å². The lowest BCUT2D eigenvalue weighted by Crippen LogP contribution is -2.28. The summed E-state index contributed by atoms with van der Waals surface area (Å²) >= 11 is 0. The summed E-state index contributed by atoms with van der Waals surface area (Å²) in [6.07, 6.45) is -4.98. The first-order valence-electron chi connectivity index (χ1n) is 6.81. The lowest BCUT2D eigenvalue weighted by molar-refractivity contribution is -0.189. The monoisotopic (exact) mass is 347 g/mol. The third-order valence-electron chi connectivity index (χ3n) is 2.96. The van der Waals surface area contributed by atoms with Gasteiger partial charge in [0.1, 0.15) is 11.5 Å². The summed E-state index contributed by atoms with van der Waals surface area (Å²) in [6, 6.07) is 2.32. The summed E-state index contributed by atoms with van der Waals surface area (Å²) < 4.78 is 46.5. The Morgan fingerprint density at radius 3 is 2.21 bits per heavy atom. The van der Waals surface area contributed by atoms with Crippen molar-refractivity contribution in [1.82, 2.24) is 5.32 Å². The van der Waals surface area contributed by atoms with Gasteiger partial charge in [-0.3, -0.25) is 9.59 Å². The van der Waals surface area contributed by atoms with E-state index < -0.39 is 23.7 Å². The minimum Gasteiger partial charge on any atom is -0.496 e. The van der Waals surface area contributed by atoms with Gasteiger partial charge in [-0.25, -0.2) is 4.79 Å². The van der Waals surface area contributed by atoms with Gasteiger partial charge in [0.2, 0.25) is 5.91 Å². The molecular weight excluding hydrogens is 331 g/mol. The van der Waals surface area contributed by atoms with Gasteiger partial charge < -0.3 is 14.8 Å². The maximum Gasteiger partial charge on any atom is 0.491 e. The van der Waals surface area contributed by atoms with Crippen molar-refractivity contribution in [2.45, 2.75) is 26.4 Å². The first kappa shape index (κ1) is 19.5. The zero-order chi connectivity index (χ0) is 18.5. The number of ketones is 1. The molecule has 0 aromatic heterocycles. The smallest absolute Gasteiger partial charge is 0.491 e.